The predicted molar refractivity (Wildman–Crippen MR) is 140 cm³/mol. The Hall–Kier alpha value is -2.26. The Morgan fingerprint density at radius 2 is 1.03 bits per heavy atom. The van der Waals surface area contributed by atoms with Crippen molar-refractivity contribution in [3.05, 3.63) is 59.7 Å². The van der Waals surface area contributed by atoms with Crippen molar-refractivity contribution in [2.24, 2.45) is 0 Å². The van der Waals surface area contributed by atoms with Gasteiger partial charge in [0.1, 0.15) is 0 Å². The first-order chi connectivity index (χ1) is 15.2. The molecule has 4 nitrogen and oxygen atoms in total. The van der Waals surface area contributed by atoms with Crippen LogP contribution >= 0.6 is 0 Å². The number of halogens is 1. The van der Waals surface area contributed by atoms with Gasteiger partial charge in [0.25, 0.3) is 8.41 Å². The third-order valence-electron chi connectivity index (χ3n) is 6.23. The highest BCUT2D eigenvalue weighted by molar-refractivity contribution is 6.88. The standard InChI is InChI=1S/C13H19FO2Si.C13H20O2Si/c1-9(2)17(14,10(3)4)12-7-5-11(6-8-12)13(15)16;1-9(2)16(10(3)4)12-7-5-11(6-8-12)13(14)15/h5-10H,1-4H3,(H,15,16);5-10,16H,1-4H3,(H,14,15). The van der Waals surface area contributed by atoms with Crippen LogP contribution in [0.1, 0.15) is 76.1 Å². The maximum atomic E-state index is 15.1. The maximum absolute atomic E-state index is 15.1. The van der Waals surface area contributed by atoms with Crippen LogP contribution in [0.25, 0.3) is 0 Å². The number of hydrogen-bond donors (Lipinski definition) is 2. The topological polar surface area (TPSA) is 74.6 Å². The highest BCUT2D eigenvalue weighted by Gasteiger charge is 2.43. The minimum absolute atomic E-state index is 0.0156. The molecule has 7 heteroatoms. The van der Waals surface area contributed by atoms with Gasteiger partial charge in [-0.2, -0.15) is 0 Å². The fourth-order valence-corrected chi connectivity index (χ4v) is 11.6. The minimum atomic E-state index is -3.03. The summed E-state index contributed by atoms with van der Waals surface area (Å²) in [6.07, 6.45) is 0. The molecule has 0 aliphatic carbocycles. The lowest BCUT2D eigenvalue weighted by Crippen LogP contribution is -2.49. The van der Waals surface area contributed by atoms with Gasteiger partial charge in [0.05, 0.1) is 19.9 Å². The molecule has 0 saturated heterocycles. The van der Waals surface area contributed by atoms with E-state index in [0.29, 0.717) is 21.8 Å². The Morgan fingerprint density at radius 3 is 1.30 bits per heavy atom. The summed E-state index contributed by atoms with van der Waals surface area (Å²) in [5.74, 6) is -1.82. The van der Waals surface area contributed by atoms with E-state index in [1.165, 1.54) is 17.3 Å². The van der Waals surface area contributed by atoms with Crippen molar-refractivity contribution in [3.8, 4) is 0 Å². The van der Waals surface area contributed by atoms with Gasteiger partial charge in [-0.1, -0.05) is 84.8 Å². The predicted octanol–water partition coefficient (Wildman–Crippen LogP) is 5.97. The third kappa shape index (κ3) is 7.37. The van der Waals surface area contributed by atoms with E-state index in [0.717, 1.165) is 0 Å². The first-order valence-corrected chi connectivity index (χ1v) is 15.5. The SMILES string of the molecule is CC(C)[SiH](c1ccc(C(=O)O)cc1)C(C)C.CC(C)[Si](F)(c1ccc(C(=O)O)cc1)C(C)C. The number of hydrogen-bond acceptors (Lipinski definition) is 2. The highest BCUT2D eigenvalue weighted by Crippen LogP contribution is 2.33. The summed E-state index contributed by atoms with van der Waals surface area (Å²) < 4.78 is 15.1. The molecule has 0 atom stereocenters. The summed E-state index contributed by atoms with van der Waals surface area (Å²) in [6.45, 7) is 16.7. The van der Waals surface area contributed by atoms with Crippen molar-refractivity contribution in [2.75, 3.05) is 0 Å². The van der Waals surface area contributed by atoms with Crippen LogP contribution in [0.2, 0.25) is 22.2 Å². The van der Waals surface area contributed by atoms with Crippen LogP contribution in [0.15, 0.2) is 48.5 Å². The van der Waals surface area contributed by atoms with Gasteiger partial charge in [0.2, 0.25) is 0 Å². The van der Waals surface area contributed by atoms with E-state index in [9.17, 15) is 9.59 Å². The monoisotopic (exact) mass is 490 g/mol. The van der Waals surface area contributed by atoms with Crippen LogP contribution in [0.5, 0.6) is 0 Å². The number of carboxylic acid groups (broad SMARTS) is 2. The van der Waals surface area contributed by atoms with Crippen molar-refractivity contribution in [2.45, 2.75) is 77.6 Å². The van der Waals surface area contributed by atoms with Crippen molar-refractivity contribution in [1.29, 1.82) is 0 Å². The molecule has 0 amide bonds. The second kappa shape index (κ2) is 12.3. The smallest absolute Gasteiger partial charge is 0.335 e. The average molecular weight is 491 g/mol. The van der Waals surface area contributed by atoms with E-state index < -0.39 is 29.1 Å². The Bertz CT molecular complexity index is 891. The summed E-state index contributed by atoms with van der Waals surface area (Å²) in [7, 11) is -4.01. The lowest BCUT2D eigenvalue weighted by molar-refractivity contribution is 0.0686. The van der Waals surface area contributed by atoms with Gasteiger partial charge >= 0.3 is 11.9 Å². The molecule has 0 aliphatic rings. The van der Waals surface area contributed by atoms with Gasteiger partial charge in [0, 0.05) is 0 Å². The Labute approximate surface area is 200 Å². The third-order valence-corrected chi connectivity index (χ3v) is 14.8. The zero-order chi connectivity index (χ0) is 25.5. The lowest BCUT2D eigenvalue weighted by atomic mass is 10.2. The van der Waals surface area contributed by atoms with Gasteiger partial charge < -0.3 is 14.3 Å². The molecule has 0 unspecified atom stereocenters. The molecule has 2 aromatic rings. The minimum Gasteiger partial charge on any atom is -0.478 e. The fraction of sp³-hybridized carbons (Fsp3) is 0.462. The number of carboxylic acids is 2. The number of benzene rings is 2. The number of rotatable bonds is 8. The molecule has 0 spiro atoms. The normalized spacial score (nSPS) is 11.8. The summed E-state index contributed by atoms with van der Waals surface area (Å²) in [5, 5.41) is 19.7. The van der Waals surface area contributed by atoms with E-state index in [-0.39, 0.29) is 16.6 Å². The summed E-state index contributed by atoms with van der Waals surface area (Å²) in [4.78, 5) is 21.5. The van der Waals surface area contributed by atoms with Crippen molar-refractivity contribution < 1.29 is 23.9 Å². The largest absolute Gasteiger partial charge is 0.478 e. The van der Waals surface area contributed by atoms with Crippen LogP contribution in [-0.2, 0) is 0 Å². The molecule has 0 fully saturated rings. The Kier molecular flexibility index (Phi) is 10.7. The Morgan fingerprint density at radius 1 is 0.697 bits per heavy atom. The molecule has 2 N–H and O–H groups in total. The number of aromatic carboxylic acids is 2. The van der Waals surface area contributed by atoms with Crippen LogP contribution in [0.3, 0.4) is 0 Å². The molecular weight excluding hydrogens is 451 g/mol. The molecule has 182 valence electrons. The second-order valence-electron chi connectivity index (χ2n) is 9.90. The summed E-state index contributed by atoms with van der Waals surface area (Å²) in [5.41, 5.74) is 1.96. The van der Waals surface area contributed by atoms with Crippen molar-refractivity contribution >= 4 is 39.5 Å². The van der Waals surface area contributed by atoms with Gasteiger partial charge in [-0.25, -0.2) is 9.59 Å². The maximum Gasteiger partial charge on any atom is 0.335 e. The summed E-state index contributed by atoms with van der Waals surface area (Å²) in [6, 6.07) is 13.7. The molecule has 0 saturated carbocycles. The molecule has 0 aromatic heterocycles. The quantitative estimate of drug-likeness (QED) is 0.353. The highest BCUT2D eigenvalue weighted by atomic mass is 28.4. The molecule has 0 radical (unpaired) electrons. The van der Waals surface area contributed by atoms with Crippen molar-refractivity contribution in [3.63, 3.8) is 0 Å². The first kappa shape index (κ1) is 28.8. The molecule has 0 bridgehead atoms. The molecular formula is C26H39FO4Si2. The van der Waals surface area contributed by atoms with Crippen LogP contribution < -0.4 is 10.4 Å². The van der Waals surface area contributed by atoms with E-state index in [1.807, 2.05) is 39.8 Å². The van der Waals surface area contributed by atoms with E-state index in [4.69, 9.17) is 10.2 Å². The van der Waals surface area contributed by atoms with Gasteiger partial charge in [0.15, 0.2) is 0 Å². The van der Waals surface area contributed by atoms with E-state index in [2.05, 4.69) is 27.7 Å². The summed E-state index contributed by atoms with van der Waals surface area (Å²) >= 11 is 0. The molecule has 2 rings (SSSR count). The van der Waals surface area contributed by atoms with E-state index >= 15 is 4.11 Å². The van der Waals surface area contributed by atoms with Gasteiger partial charge in [-0.05, 0) is 51.6 Å². The van der Waals surface area contributed by atoms with Crippen LogP contribution in [0.4, 0.5) is 4.11 Å². The second-order valence-corrected chi connectivity index (χ2v) is 18.7. The zero-order valence-corrected chi connectivity index (χ0v) is 23.2. The lowest BCUT2D eigenvalue weighted by Gasteiger charge is -2.30. The van der Waals surface area contributed by atoms with Gasteiger partial charge in [-0.15, -0.1) is 0 Å². The van der Waals surface area contributed by atoms with E-state index in [1.54, 1.807) is 24.3 Å². The molecule has 0 heterocycles. The van der Waals surface area contributed by atoms with Crippen molar-refractivity contribution in [1.82, 2.24) is 0 Å². The molecule has 33 heavy (non-hydrogen) atoms. The average Bonchev–Trinajstić information content (AvgIpc) is 2.73. The molecule has 2 aromatic carbocycles. The number of carbonyl (C=O) groups is 2. The fourth-order valence-electron chi connectivity index (χ4n) is 4.59. The van der Waals surface area contributed by atoms with Crippen LogP contribution in [0, 0.1) is 0 Å². The Balaban J connectivity index is 0.000000331. The zero-order valence-electron chi connectivity index (χ0n) is 21.1. The van der Waals surface area contributed by atoms with Gasteiger partial charge in [-0.3, -0.25) is 0 Å². The van der Waals surface area contributed by atoms with Crippen LogP contribution in [-0.4, -0.2) is 39.4 Å². The molecule has 0 aliphatic heterocycles. The first-order valence-electron chi connectivity index (χ1n) is 11.6.